The predicted molar refractivity (Wildman–Crippen MR) is 122 cm³/mol. The SMILES string of the molecule is COc1cc(Cl)cc2cc(C(=O)C3=C(O)C(=O)N(c4ccccc4)C3c3ccc(C)o3)oc12. The Bertz CT molecular complexity index is 1430. The number of aliphatic hydroxyl groups is 1. The molecule has 33 heavy (non-hydrogen) atoms. The van der Waals surface area contributed by atoms with Gasteiger partial charge in [-0.15, -0.1) is 0 Å². The minimum Gasteiger partial charge on any atom is -0.503 e. The number of rotatable bonds is 5. The number of methoxy groups -OCH3 is 1. The van der Waals surface area contributed by atoms with E-state index in [2.05, 4.69) is 0 Å². The molecule has 1 aliphatic heterocycles. The number of benzene rings is 2. The van der Waals surface area contributed by atoms with Crippen molar-refractivity contribution in [3.05, 3.63) is 94.3 Å². The van der Waals surface area contributed by atoms with Crippen LogP contribution in [0, 0.1) is 6.92 Å². The van der Waals surface area contributed by atoms with Crippen molar-refractivity contribution in [3.8, 4) is 5.75 Å². The van der Waals surface area contributed by atoms with E-state index in [1.807, 2.05) is 6.07 Å². The second kappa shape index (κ2) is 7.86. The van der Waals surface area contributed by atoms with Gasteiger partial charge in [0, 0.05) is 22.2 Å². The zero-order valence-electron chi connectivity index (χ0n) is 17.7. The van der Waals surface area contributed by atoms with E-state index in [1.54, 1.807) is 55.5 Å². The second-order valence-corrected chi connectivity index (χ2v) is 8.03. The third-order valence-corrected chi connectivity index (χ3v) is 5.73. The molecule has 0 spiro atoms. The number of aliphatic hydroxyl groups excluding tert-OH is 1. The number of hydrogen-bond donors (Lipinski definition) is 1. The molecular formula is C25H18ClNO6. The molecule has 0 saturated carbocycles. The highest BCUT2D eigenvalue weighted by atomic mass is 35.5. The molecule has 0 radical (unpaired) electrons. The lowest BCUT2D eigenvalue weighted by molar-refractivity contribution is -0.117. The number of fused-ring (bicyclic) bond motifs is 1. The van der Waals surface area contributed by atoms with Crippen LogP contribution in [0.25, 0.3) is 11.0 Å². The minimum absolute atomic E-state index is 0.0666. The Morgan fingerprint density at radius 3 is 2.52 bits per heavy atom. The van der Waals surface area contributed by atoms with E-state index >= 15 is 0 Å². The lowest BCUT2D eigenvalue weighted by Gasteiger charge is -2.24. The lowest BCUT2D eigenvalue weighted by Crippen LogP contribution is -2.30. The van der Waals surface area contributed by atoms with E-state index in [0.29, 0.717) is 38.9 Å². The summed E-state index contributed by atoms with van der Waals surface area (Å²) >= 11 is 6.13. The van der Waals surface area contributed by atoms with Crippen LogP contribution in [0.2, 0.25) is 5.02 Å². The first-order valence-corrected chi connectivity index (χ1v) is 10.5. The van der Waals surface area contributed by atoms with Crippen LogP contribution >= 0.6 is 11.6 Å². The standard InChI is InChI=1S/C25H18ClNO6/c1-13-8-9-17(32-13)21-20(23(29)25(30)27(21)16-6-4-3-5-7-16)22(28)18-11-14-10-15(26)12-19(31-2)24(14)33-18/h3-12,21,29H,1-2H3. The molecule has 0 fully saturated rings. The van der Waals surface area contributed by atoms with Gasteiger partial charge in [-0.25, -0.2) is 0 Å². The molecule has 1 N–H and O–H groups in total. The molecule has 0 aliphatic carbocycles. The molecule has 1 unspecified atom stereocenters. The van der Waals surface area contributed by atoms with Gasteiger partial charge >= 0.3 is 0 Å². The molecule has 1 aliphatic rings. The number of Topliss-reactive ketones (excluding diaryl/α,β-unsaturated/α-hetero) is 1. The summed E-state index contributed by atoms with van der Waals surface area (Å²) in [7, 11) is 1.46. The fraction of sp³-hybridized carbons (Fsp3) is 0.120. The number of ketones is 1. The molecule has 2 aromatic carbocycles. The Balaban J connectivity index is 1.66. The molecule has 4 aromatic rings. The Hall–Kier alpha value is -3.97. The van der Waals surface area contributed by atoms with Crippen molar-refractivity contribution in [3.63, 3.8) is 0 Å². The molecule has 1 atom stereocenters. The van der Waals surface area contributed by atoms with E-state index in [9.17, 15) is 14.7 Å². The summed E-state index contributed by atoms with van der Waals surface area (Å²) in [4.78, 5) is 28.1. The van der Waals surface area contributed by atoms with Gasteiger partial charge < -0.3 is 18.7 Å². The Morgan fingerprint density at radius 1 is 1.09 bits per heavy atom. The fourth-order valence-electron chi connectivity index (χ4n) is 4.04. The number of para-hydroxylation sites is 1. The van der Waals surface area contributed by atoms with Crippen molar-refractivity contribution < 1.29 is 28.3 Å². The second-order valence-electron chi connectivity index (χ2n) is 7.59. The molecule has 2 aromatic heterocycles. The summed E-state index contributed by atoms with van der Waals surface area (Å²) in [6, 6.07) is 15.9. The van der Waals surface area contributed by atoms with E-state index < -0.39 is 23.5 Å². The third-order valence-electron chi connectivity index (χ3n) is 5.51. The maximum Gasteiger partial charge on any atom is 0.294 e. The first-order chi connectivity index (χ1) is 15.9. The summed E-state index contributed by atoms with van der Waals surface area (Å²) in [6.45, 7) is 1.76. The molecule has 3 heterocycles. The van der Waals surface area contributed by atoms with Gasteiger partial charge in [0.05, 0.1) is 12.7 Å². The van der Waals surface area contributed by atoms with Crippen molar-refractivity contribution in [2.45, 2.75) is 13.0 Å². The number of amides is 1. The van der Waals surface area contributed by atoms with Crippen molar-refractivity contribution >= 4 is 39.9 Å². The van der Waals surface area contributed by atoms with Gasteiger partial charge in [-0.1, -0.05) is 29.8 Å². The first kappa shape index (κ1) is 20.9. The number of halogens is 1. The van der Waals surface area contributed by atoms with E-state index in [0.717, 1.165) is 0 Å². The molecule has 7 nitrogen and oxygen atoms in total. The van der Waals surface area contributed by atoms with Crippen LogP contribution < -0.4 is 9.64 Å². The van der Waals surface area contributed by atoms with Crippen molar-refractivity contribution in [2.24, 2.45) is 0 Å². The first-order valence-electron chi connectivity index (χ1n) is 10.1. The molecule has 0 bridgehead atoms. The summed E-state index contributed by atoms with van der Waals surface area (Å²) in [5, 5.41) is 11.8. The highest BCUT2D eigenvalue weighted by Crippen LogP contribution is 2.43. The predicted octanol–water partition coefficient (Wildman–Crippen LogP) is 5.78. The number of ether oxygens (including phenoxy) is 1. The smallest absolute Gasteiger partial charge is 0.294 e. The number of carbonyl (C=O) groups excluding carboxylic acids is 2. The maximum atomic E-state index is 13.6. The largest absolute Gasteiger partial charge is 0.503 e. The Kier molecular flexibility index (Phi) is 4.98. The summed E-state index contributed by atoms with van der Waals surface area (Å²) < 4.78 is 16.9. The third kappa shape index (κ3) is 3.37. The monoisotopic (exact) mass is 463 g/mol. The minimum atomic E-state index is -0.972. The van der Waals surface area contributed by atoms with Gasteiger partial charge in [0.15, 0.2) is 22.9 Å². The van der Waals surface area contributed by atoms with Crippen LogP contribution in [0.1, 0.15) is 28.1 Å². The van der Waals surface area contributed by atoms with Gasteiger partial charge in [0.1, 0.15) is 17.6 Å². The number of carbonyl (C=O) groups is 2. The Labute approximate surface area is 193 Å². The number of furan rings is 2. The molecule has 1 amide bonds. The molecule has 0 saturated heterocycles. The number of anilines is 1. The average molecular weight is 464 g/mol. The van der Waals surface area contributed by atoms with Crippen LogP contribution in [-0.4, -0.2) is 23.9 Å². The van der Waals surface area contributed by atoms with Crippen LogP contribution in [0.5, 0.6) is 5.75 Å². The van der Waals surface area contributed by atoms with Crippen LogP contribution in [0.3, 0.4) is 0 Å². The number of hydrogen-bond acceptors (Lipinski definition) is 6. The normalized spacial score (nSPS) is 16.2. The molecule has 166 valence electrons. The molecule has 5 rings (SSSR count). The zero-order valence-corrected chi connectivity index (χ0v) is 18.4. The van der Waals surface area contributed by atoms with E-state index in [-0.39, 0.29) is 11.3 Å². The van der Waals surface area contributed by atoms with Crippen LogP contribution in [-0.2, 0) is 4.79 Å². The van der Waals surface area contributed by atoms with E-state index in [4.69, 9.17) is 25.2 Å². The van der Waals surface area contributed by atoms with Gasteiger partial charge in [-0.2, -0.15) is 0 Å². The number of aryl methyl sites for hydroxylation is 1. The van der Waals surface area contributed by atoms with Gasteiger partial charge in [0.2, 0.25) is 5.78 Å². The van der Waals surface area contributed by atoms with Gasteiger partial charge in [0.25, 0.3) is 5.91 Å². The maximum absolute atomic E-state index is 13.6. The molecular weight excluding hydrogens is 446 g/mol. The van der Waals surface area contributed by atoms with Crippen molar-refractivity contribution in [1.82, 2.24) is 0 Å². The highest BCUT2D eigenvalue weighted by Gasteiger charge is 2.46. The van der Waals surface area contributed by atoms with Crippen LogP contribution in [0.15, 0.2) is 80.8 Å². The topological polar surface area (TPSA) is 93.1 Å². The fourth-order valence-corrected chi connectivity index (χ4v) is 4.26. The average Bonchev–Trinajstić information content (AvgIpc) is 3.50. The lowest BCUT2D eigenvalue weighted by atomic mass is 9.99. The van der Waals surface area contributed by atoms with Crippen LogP contribution in [0.4, 0.5) is 5.69 Å². The number of nitrogens with zero attached hydrogens (tertiary/aromatic N) is 1. The summed E-state index contributed by atoms with van der Waals surface area (Å²) in [5.41, 5.74) is 0.705. The van der Waals surface area contributed by atoms with Crippen molar-refractivity contribution in [2.75, 3.05) is 12.0 Å². The molecule has 8 heteroatoms. The van der Waals surface area contributed by atoms with Crippen molar-refractivity contribution in [1.29, 1.82) is 0 Å². The summed E-state index contributed by atoms with van der Waals surface area (Å²) in [5.74, 6) is -0.772. The van der Waals surface area contributed by atoms with Gasteiger partial charge in [-0.05, 0) is 43.3 Å². The summed E-state index contributed by atoms with van der Waals surface area (Å²) in [6.07, 6.45) is 0. The zero-order chi connectivity index (χ0) is 23.3. The van der Waals surface area contributed by atoms with Gasteiger partial charge in [-0.3, -0.25) is 14.5 Å². The van der Waals surface area contributed by atoms with E-state index in [1.165, 1.54) is 18.1 Å². The Morgan fingerprint density at radius 2 is 1.85 bits per heavy atom. The quantitative estimate of drug-likeness (QED) is 0.377. The highest BCUT2D eigenvalue weighted by molar-refractivity contribution is 6.31.